The number of hydrogen-bond acceptors (Lipinski definition) is 3. The van der Waals surface area contributed by atoms with E-state index in [2.05, 4.69) is 326 Å². The lowest BCUT2D eigenvalue weighted by Crippen LogP contribution is -2.20. The van der Waals surface area contributed by atoms with Gasteiger partial charge in [0.15, 0.2) is 0 Å². The summed E-state index contributed by atoms with van der Waals surface area (Å²) in [7, 11) is 0. The van der Waals surface area contributed by atoms with Crippen LogP contribution in [-0.2, 0) is 32.5 Å². The molecule has 8 aromatic rings. The van der Waals surface area contributed by atoms with Gasteiger partial charge in [-0.25, -0.2) is 0 Å². The lowest BCUT2D eigenvalue weighted by atomic mass is 9.82. The molecule has 8 aromatic carbocycles. The predicted molar refractivity (Wildman–Crippen MR) is 339 cm³/mol. The van der Waals surface area contributed by atoms with Crippen molar-refractivity contribution < 1.29 is 0 Å². The standard InChI is InChI=1S/C73H84BrN3/c1-47-41-52(71(12,13)14)42-48(2)67(47)77(56-37-31-51(32-38-56)70(9,10)11)58-24-22-23-57(45-58)76(59-39-40-61-60-25-20-21-26-62(60)73(18,19)63(61)46-59)65-44-53(72(15,16)17)43-64(66(65)74)75(54-33-27-49(28-34-54)68(3,4)5)55-35-29-50(30-36-55)69(6,7)8/h20-46H,1-19H3. The summed E-state index contributed by atoms with van der Waals surface area (Å²) in [6.07, 6.45) is 0. The SMILES string of the molecule is Cc1cc(C(C)(C)C)cc(C)c1N(c1ccc(C(C)(C)C)cc1)c1cccc(N(c2ccc3c(c2)C(C)(C)c2ccccc2-3)c2cc(C(C)(C)C)cc(N(c3ccc(C(C)(C)C)cc3)c3ccc(C(C)(C)C)cc3)c2Br)c1. The fourth-order valence-corrected chi connectivity index (χ4v) is 11.9. The Balaban J connectivity index is 1.34. The molecule has 0 spiro atoms. The zero-order chi connectivity index (χ0) is 55.9. The van der Waals surface area contributed by atoms with Gasteiger partial charge in [0.2, 0.25) is 0 Å². The first-order chi connectivity index (χ1) is 35.8. The second-order valence-electron chi connectivity index (χ2n) is 27.6. The van der Waals surface area contributed by atoms with Crippen LogP contribution < -0.4 is 14.7 Å². The van der Waals surface area contributed by atoms with E-state index in [0.29, 0.717) is 0 Å². The minimum absolute atomic E-state index is 0.00855. The van der Waals surface area contributed by atoms with Crippen LogP contribution in [0.1, 0.15) is 168 Å². The fraction of sp³-hybridized carbons (Fsp3) is 0.342. The average molecular weight is 1080 g/mol. The van der Waals surface area contributed by atoms with E-state index in [0.717, 1.165) is 50.0 Å². The molecule has 4 heteroatoms. The van der Waals surface area contributed by atoms with Gasteiger partial charge in [0.05, 0.1) is 21.5 Å². The van der Waals surface area contributed by atoms with Crippen molar-refractivity contribution in [3.63, 3.8) is 0 Å². The van der Waals surface area contributed by atoms with Gasteiger partial charge in [0.25, 0.3) is 0 Å². The van der Waals surface area contributed by atoms with Crippen LogP contribution in [0, 0.1) is 13.8 Å². The van der Waals surface area contributed by atoms with Gasteiger partial charge in [-0.2, -0.15) is 0 Å². The van der Waals surface area contributed by atoms with E-state index in [1.807, 2.05) is 0 Å². The van der Waals surface area contributed by atoms with E-state index in [1.165, 1.54) is 66.9 Å². The van der Waals surface area contributed by atoms with Crippen LogP contribution in [0.3, 0.4) is 0 Å². The minimum Gasteiger partial charge on any atom is -0.310 e. The van der Waals surface area contributed by atoms with Gasteiger partial charge in [-0.1, -0.05) is 203 Å². The van der Waals surface area contributed by atoms with Crippen LogP contribution in [0.15, 0.2) is 168 Å². The second kappa shape index (κ2) is 19.8. The quantitative estimate of drug-likeness (QED) is 0.143. The van der Waals surface area contributed by atoms with Crippen LogP contribution in [0.4, 0.5) is 51.2 Å². The average Bonchev–Trinajstić information content (AvgIpc) is 3.63. The molecule has 0 unspecified atom stereocenters. The van der Waals surface area contributed by atoms with Crippen LogP contribution in [0.25, 0.3) is 11.1 Å². The molecule has 1 aliphatic rings. The normalized spacial score (nSPS) is 13.6. The third-order valence-electron chi connectivity index (χ3n) is 16.1. The fourth-order valence-electron chi connectivity index (χ4n) is 11.3. The van der Waals surface area contributed by atoms with E-state index in [-0.39, 0.29) is 32.5 Å². The van der Waals surface area contributed by atoms with Crippen molar-refractivity contribution in [2.24, 2.45) is 0 Å². The van der Waals surface area contributed by atoms with Crippen LogP contribution in [0.5, 0.6) is 0 Å². The summed E-state index contributed by atoms with van der Waals surface area (Å²) in [4.78, 5) is 7.46. The molecular weight excluding hydrogens is 999 g/mol. The summed E-state index contributed by atoms with van der Waals surface area (Å²) < 4.78 is 0.998. The van der Waals surface area contributed by atoms with Crippen molar-refractivity contribution >= 4 is 67.1 Å². The number of anilines is 9. The van der Waals surface area contributed by atoms with Crippen molar-refractivity contribution in [2.75, 3.05) is 14.7 Å². The molecule has 0 saturated heterocycles. The van der Waals surface area contributed by atoms with Gasteiger partial charge in [0.1, 0.15) is 0 Å². The van der Waals surface area contributed by atoms with E-state index in [1.54, 1.807) is 0 Å². The highest BCUT2D eigenvalue weighted by molar-refractivity contribution is 9.10. The Bertz CT molecular complexity index is 3390. The zero-order valence-corrected chi connectivity index (χ0v) is 51.4. The largest absolute Gasteiger partial charge is 0.310 e. The Hall–Kier alpha value is -6.36. The molecular formula is C73H84BrN3. The Labute approximate surface area is 472 Å². The molecule has 0 radical (unpaired) electrons. The summed E-state index contributed by atoms with van der Waals surface area (Å²) in [6, 6.07) is 62.7. The minimum atomic E-state index is -0.207. The Morgan fingerprint density at radius 1 is 0.325 bits per heavy atom. The third-order valence-corrected chi connectivity index (χ3v) is 16.9. The molecule has 0 atom stereocenters. The number of benzene rings is 8. The number of rotatable bonds is 9. The molecule has 1 aliphatic carbocycles. The van der Waals surface area contributed by atoms with Crippen molar-refractivity contribution in [3.05, 3.63) is 218 Å². The Kier molecular flexibility index (Phi) is 14.3. The lowest BCUT2D eigenvalue weighted by molar-refractivity contribution is 0.589. The first-order valence-electron chi connectivity index (χ1n) is 27.9. The van der Waals surface area contributed by atoms with Crippen LogP contribution in [-0.4, -0.2) is 0 Å². The smallest absolute Gasteiger partial charge is 0.0657 e. The van der Waals surface area contributed by atoms with Gasteiger partial charge in [-0.3, -0.25) is 0 Å². The number of aryl methyl sites for hydroxylation is 2. The highest BCUT2D eigenvalue weighted by atomic mass is 79.9. The van der Waals surface area contributed by atoms with Gasteiger partial charge < -0.3 is 14.7 Å². The number of fused-ring (bicyclic) bond motifs is 3. The summed E-state index contributed by atoms with van der Waals surface area (Å²) in [5.74, 6) is 0. The third kappa shape index (κ3) is 10.8. The molecule has 9 rings (SSSR count). The zero-order valence-electron chi connectivity index (χ0n) is 49.8. The van der Waals surface area contributed by atoms with Gasteiger partial charge >= 0.3 is 0 Å². The summed E-state index contributed by atoms with van der Waals surface area (Å²) in [5, 5.41) is 0. The van der Waals surface area contributed by atoms with Crippen LogP contribution >= 0.6 is 15.9 Å². The maximum atomic E-state index is 4.46. The Morgan fingerprint density at radius 2 is 0.675 bits per heavy atom. The second-order valence-corrected chi connectivity index (χ2v) is 28.4. The van der Waals surface area contributed by atoms with Crippen LogP contribution in [0.2, 0.25) is 0 Å². The highest BCUT2D eigenvalue weighted by Gasteiger charge is 2.37. The molecule has 77 heavy (non-hydrogen) atoms. The van der Waals surface area contributed by atoms with E-state index in [4.69, 9.17) is 0 Å². The van der Waals surface area contributed by atoms with E-state index < -0.39 is 0 Å². The van der Waals surface area contributed by atoms with E-state index in [9.17, 15) is 0 Å². The van der Waals surface area contributed by atoms with Gasteiger partial charge in [0, 0.05) is 39.5 Å². The van der Waals surface area contributed by atoms with Crippen molar-refractivity contribution in [1.29, 1.82) is 0 Å². The first kappa shape index (κ1) is 55.4. The molecule has 0 aromatic heterocycles. The van der Waals surface area contributed by atoms with Crippen molar-refractivity contribution in [1.82, 2.24) is 0 Å². The molecule has 398 valence electrons. The van der Waals surface area contributed by atoms with Gasteiger partial charge in [-0.15, -0.1) is 0 Å². The molecule has 3 nitrogen and oxygen atoms in total. The maximum absolute atomic E-state index is 4.46. The lowest BCUT2D eigenvalue weighted by Gasteiger charge is -2.35. The summed E-state index contributed by atoms with van der Waals surface area (Å²) in [5.41, 5.74) is 23.8. The molecule has 0 bridgehead atoms. The highest BCUT2D eigenvalue weighted by Crippen LogP contribution is 2.54. The number of hydrogen-bond donors (Lipinski definition) is 0. The molecule has 0 saturated carbocycles. The first-order valence-corrected chi connectivity index (χ1v) is 28.7. The van der Waals surface area contributed by atoms with Crippen molar-refractivity contribution in [2.45, 2.75) is 164 Å². The predicted octanol–water partition coefficient (Wildman–Crippen LogP) is 22.3. The number of nitrogens with zero attached hydrogens (tertiary/aromatic N) is 3. The Morgan fingerprint density at radius 3 is 1.12 bits per heavy atom. The maximum Gasteiger partial charge on any atom is 0.0657 e. The molecule has 0 N–H and O–H groups in total. The molecule has 0 fully saturated rings. The molecule has 0 amide bonds. The van der Waals surface area contributed by atoms with Crippen molar-refractivity contribution in [3.8, 4) is 11.1 Å². The monoisotopic (exact) mass is 1080 g/mol. The topological polar surface area (TPSA) is 9.72 Å². The van der Waals surface area contributed by atoms with E-state index >= 15 is 0 Å². The van der Waals surface area contributed by atoms with Gasteiger partial charge in [-0.05, 0) is 197 Å². The summed E-state index contributed by atoms with van der Waals surface area (Å²) >= 11 is 4.46. The number of halogens is 1. The summed E-state index contributed by atoms with van der Waals surface area (Å²) in [6.45, 7) is 43.9. The molecule has 0 aliphatic heterocycles. The molecule has 0 heterocycles.